The van der Waals surface area contributed by atoms with E-state index < -0.39 is 27.7 Å². The number of primary amides is 1. The summed E-state index contributed by atoms with van der Waals surface area (Å²) in [4.78, 5) is 40.1. The van der Waals surface area contributed by atoms with Gasteiger partial charge in [-0.2, -0.15) is 23.5 Å². The Morgan fingerprint density at radius 2 is 2.15 bits per heavy atom. The van der Waals surface area contributed by atoms with Crippen LogP contribution in [0.2, 0.25) is 0 Å². The Morgan fingerprint density at radius 1 is 1.44 bits per heavy atom. The van der Waals surface area contributed by atoms with Crippen LogP contribution < -0.4 is 11.4 Å². The van der Waals surface area contributed by atoms with Gasteiger partial charge in [-0.3, -0.25) is 9.59 Å². The van der Waals surface area contributed by atoms with Gasteiger partial charge in [0.25, 0.3) is 0 Å². The van der Waals surface area contributed by atoms with Crippen molar-refractivity contribution in [1.29, 1.82) is 0 Å². The average molecular weight is 409 g/mol. The zero-order valence-electron chi connectivity index (χ0n) is 14.9. The van der Waals surface area contributed by atoms with Crippen molar-refractivity contribution in [2.75, 3.05) is 11.5 Å². The SMILES string of the molecule is CC[SH](C(=O)CCS)C(C(N)=O)c1c(C)c2ccc(N=[N+]=[N-])cc2oc1=O. The number of benzene rings is 1. The largest absolute Gasteiger partial charge is 0.422 e. The second-order valence-corrected chi connectivity index (χ2v) is 8.79. The monoisotopic (exact) mass is 408 g/mol. The minimum Gasteiger partial charge on any atom is -0.422 e. The van der Waals surface area contributed by atoms with E-state index in [4.69, 9.17) is 15.7 Å². The number of aryl methyl sites for hydroxylation is 1. The van der Waals surface area contributed by atoms with Crippen LogP contribution in [0.4, 0.5) is 5.69 Å². The number of rotatable bonds is 7. The molecule has 1 aromatic carbocycles. The third-order valence-electron chi connectivity index (χ3n) is 4.20. The van der Waals surface area contributed by atoms with Gasteiger partial charge in [0.2, 0.25) is 5.91 Å². The Labute approximate surface area is 163 Å². The standard InChI is InChI=1S/C17H20N4O4S2/c1-3-27(13(22)6-7-26)15(16(18)23)14-9(2)11-5-4-10(20-21-19)8-12(11)25-17(14)24/h4-5,8,15,26-27H,3,6-7H2,1-2H3,(H2,18,23). The topological polar surface area (TPSA) is 139 Å². The highest BCUT2D eigenvalue weighted by Gasteiger charge is 2.33. The molecule has 1 aromatic heterocycles. The van der Waals surface area contributed by atoms with Crippen molar-refractivity contribution in [2.24, 2.45) is 10.8 Å². The average Bonchev–Trinajstić information content (AvgIpc) is 2.61. The van der Waals surface area contributed by atoms with E-state index in [1.807, 2.05) is 0 Å². The van der Waals surface area contributed by atoms with Crippen molar-refractivity contribution in [3.63, 3.8) is 0 Å². The number of nitrogens with zero attached hydrogens (tertiary/aromatic N) is 3. The van der Waals surface area contributed by atoms with E-state index in [2.05, 4.69) is 22.7 Å². The predicted molar refractivity (Wildman–Crippen MR) is 111 cm³/mol. The van der Waals surface area contributed by atoms with E-state index in [9.17, 15) is 14.4 Å². The van der Waals surface area contributed by atoms with Gasteiger partial charge in [0.15, 0.2) is 5.12 Å². The maximum absolute atomic E-state index is 12.7. The maximum Gasteiger partial charge on any atom is 0.341 e. The van der Waals surface area contributed by atoms with E-state index in [1.165, 1.54) is 6.07 Å². The fourth-order valence-electron chi connectivity index (χ4n) is 2.98. The fraction of sp³-hybridized carbons (Fsp3) is 0.353. The summed E-state index contributed by atoms with van der Waals surface area (Å²) in [7, 11) is -1.49. The number of carbonyl (C=O) groups excluding carboxylic acids is 2. The number of fused-ring (bicyclic) bond motifs is 1. The van der Waals surface area contributed by atoms with Gasteiger partial charge in [-0.25, -0.2) is 4.79 Å². The van der Waals surface area contributed by atoms with Gasteiger partial charge in [-0.1, -0.05) is 24.2 Å². The molecule has 10 heteroatoms. The van der Waals surface area contributed by atoms with Crippen LogP contribution in [-0.2, 0) is 9.59 Å². The molecule has 8 nitrogen and oxygen atoms in total. The Balaban J connectivity index is 2.71. The van der Waals surface area contributed by atoms with Gasteiger partial charge in [0.1, 0.15) is 10.8 Å². The molecule has 0 saturated carbocycles. The van der Waals surface area contributed by atoms with Crippen LogP contribution >= 0.6 is 23.5 Å². The zero-order chi connectivity index (χ0) is 20.1. The Bertz CT molecular complexity index is 998. The molecular weight excluding hydrogens is 388 g/mol. The minimum absolute atomic E-state index is 0.107. The third-order valence-corrected chi connectivity index (χ3v) is 7.10. The summed E-state index contributed by atoms with van der Waals surface area (Å²) < 4.78 is 5.36. The summed E-state index contributed by atoms with van der Waals surface area (Å²) in [6.07, 6.45) is 0.208. The van der Waals surface area contributed by atoms with Crippen molar-refractivity contribution in [3.05, 3.63) is 50.2 Å². The molecule has 2 unspecified atom stereocenters. The van der Waals surface area contributed by atoms with Crippen LogP contribution in [0.1, 0.15) is 29.7 Å². The van der Waals surface area contributed by atoms with Gasteiger partial charge < -0.3 is 10.2 Å². The molecule has 1 heterocycles. The third kappa shape index (κ3) is 4.29. The van der Waals surface area contributed by atoms with E-state index in [0.29, 0.717) is 28.1 Å². The summed E-state index contributed by atoms with van der Waals surface area (Å²) in [5, 5.41) is 2.94. The van der Waals surface area contributed by atoms with E-state index in [1.54, 1.807) is 26.0 Å². The molecule has 2 atom stereocenters. The van der Waals surface area contributed by atoms with Crippen molar-refractivity contribution < 1.29 is 14.0 Å². The Hall–Kier alpha value is -2.42. The van der Waals surface area contributed by atoms with Crippen molar-refractivity contribution >= 4 is 51.2 Å². The van der Waals surface area contributed by atoms with Crippen LogP contribution in [-0.4, -0.2) is 22.5 Å². The van der Waals surface area contributed by atoms with Crippen molar-refractivity contribution in [2.45, 2.75) is 25.5 Å². The summed E-state index contributed by atoms with van der Waals surface area (Å²) in [5.41, 5.74) is 14.6. The van der Waals surface area contributed by atoms with Crippen molar-refractivity contribution in [3.8, 4) is 0 Å². The highest BCUT2D eigenvalue weighted by atomic mass is 32.2. The van der Waals surface area contributed by atoms with Crippen LogP contribution in [0.5, 0.6) is 0 Å². The molecule has 0 bridgehead atoms. The van der Waals surface area contributed by atoms with E-state index in [0.717, 1.165) is 0 Å². The second-order valence-electron chi connectivity index (χ2n) is 5.76. The molecule has 0 spiro atoms. The molecule has 0 radical (unpaired) electrons. The lowest BCUT2D eigenvalue weighted by molar-refractivity contribution is -0.118. The van der Waals surface area contributed by atoms with Crippen LogP contribution in [0.25, 0.3) is 21.4 Å². The molecule has 0 fully saturated rings. The Morgan fingerprint density at radius 3 is 2.70 bits per heavy atom. The minimum atomic E-state index is -1.49. The molecule has 2 aromatic rings. The van der Waals surface area contributed by atoms with Gasteiger partial charge in [-0.05, 0) is 35.6 Å². The lowest BCUT2D eigenvalue weighted by Gasteiger charge is -2.27. The lowest BCUT2D eigenvalue weighted by atomic mass is 10.0. The number of hydrogen-bond donors (Lipinski definition) is 3. The number of azide groups is 1. The molecule has 1 amide bonds. The van der Waals surface area contributed by atoms with Gasteiger partial charge >= 0.3 is 5.63 Å². The Kier molecular flexibility index (Phi) is 6.95. The zero-order valence-corrected chi connectivity index (χ0v) is 16.7. The van der Waals surface area contributed by atoms with Gasteiger partial charge in [0.05, 0.1) is 5.56 Å². The fourth-order valence-corrected chi connectivity index (χ4v) is 5.68. The summed E-state index contributed by atoms with van der Waals surface area (Å²) in [5.74, 6) is 0.0507. The van der Waals surface area contributed by atoms with Gasteiger partial charge in [0, 0.05) is 22.4 Å². The number of carbonyl (C=O) groups is 2. The van der Waals surface area contributed by atoms with Crippen LogP contribution in [0.15, 0.2) is 32.5 Å². The maximum atomic E-state index is 12.7. The quantitative estimate of drug-likeness (QED) is 0.212. The second kappa shape index (κ2) is 8.98. The first kappa shape index (κ1) is 20.9. The smallest absolute Gasteiger partial charge is 0.341 e. The molecule has 0 saturated heterocycles. The van der Waals surface area contributed by atoms with Crippen LogP contribution in [0, 0.1) is 6.92 Å². The number of hydrogen-bond acceptors (Lipinski definition) is 6. The first-order valence-corrected chi connectivity index (χ1v) is 10.4. The predicted octanol–water partition coefficient (Wildman–Crippen LogP) is 3.44. The highest BCUT2D eigenvalue weighted by molar-refractivity contribution is 8.30. The summed E-state index contributed by atoms with van der Waals surface area (Å²) in [6.45, 7) is 3.48. The lowest BCUT2D eigenvalue weighted by Crippen LogP contribution is -2.29. The summed E-state index contributed by atoms with van der Waals surface area (Å²) in [6, 6.07) is 4.66. The molecule has 144 valence electrons. The molecule has 0 aliphatic carbocycles. The molecule has 0 aliphatic heterocycles. The first-order chi connectivity index (χ1) is 12.8. The number of thiol groups is 2. The molecular formula is C17H20N4O4S2. The number of amides is 1. The first-order valence-electron chi connectivity index (χ1n) is 8.17. The number of nitrogens with two attached hydrogens (primary N) is 1. The van der Waals surface area contributed by atoms with Crippen LogP contribution in [0.3, 0.4) is 0 Å². The van der Waals surface area contributed by atoms with E-state index >= 15 is 0 Å². The molecule has 2 rings (SSSR count). The van der Waals surface area contributed by atoms with E-state index in [-0.39, 0.29) is 22.7 Å². The molecule has 27 heavy (non-hydrogen) atoms. The molecule has 2 N–H and O–H groups in total. The highest BCUT2D eigenvalue weighted by Crippen LogP contribution is 2.45. The molecule has 0 aliphatic rings. The van der Waals surface area contributed by atoms with Crippen molar-refractivity contribution in [1.82, 2.24) is 0 Å². The van der Waals surface area contributed by atoms with Gasteiger partial charge in [-0.15, -0.1) is 0 Å². The summed E-state index contributed by atoms with van der Waals surface area (Å²) >= 11 is 4.08. The normalized spacial score (nSPS) is 13.7.